The number of carbonyl (C=O) groups is 1. The Balaban J connectivity index is 2.23. The summed E-state index contributed by atoms with van der Waals surface area (Å²) in [5.74, 6) is -3.15. The molecule has 7 nitrogen and oxygen atoms in total. The van der Waals surface area contributed by atoms with Crippen LogP contribution in [0.5, 0.6) is 5.75 Å². The van der Waals surface area contributed by atoms with Gasteiger partial charge in [0.1, 0.15) is 18.3 Å². The maximum absolute atomic E-state index is 15.1. The molecule has 1 amide bonds. The first kappa shape index (κ1) is 25.5. The zero-order valence-corrected chi connectivity index (χ0v) is 18.6. The number of carbonyl (C=O) groups excluding carboxylic acids is 1. The minimum atomic E-state index is -1.61. The number of nitrogens with zero attached hydrogens (tertiary/aromatic N) is 1. The number of amides is 1. The van der Waals surface area contributed by atoms with Crippen LogP contribution in [-0.2, 0) is 20.8 Å². The molecule has 32 heavy (non-hydrogen) atoms. The summed E-state index contributed by atoms with van der Waals surface area (Å²) in [5.41, 5.74) is 5.98. The zero-order valence-electron chi connectivity index (χ0n) is 17.9. The van der Waals surface area contributed by atoms with Gasteiger partial charge < -0.3 is 19.9 Å². The molecule has 0 saturated heterocycles. The maximum atomic E-state index is 15.1. The maximum Gasteiger partial charge on any atom is 0.271 e. The zero-order chi connectivity index (χ0) is 23.7. The first-order valence-corrected chi connectivity index (χ1v) is 10.3. The van der Waals surface area contributed by atoms with Crippen molar-refractivity contribution in [1.82, 2.24) is 4.42 Å². The number of amidine groups is 1. The van der Waals surface area contributed by atoms with Gasteiger partial charge in [-0.1, -0.05) is 24.3 Å². The third-order valence-corrected chi connectivity index (χ3v) is 4.71. The second kappa shape index (κ2) is 12.3. The fraction of sp³-hybridized carbons (Fsp3) is 0.364. The van der Waals surface area contributed by atoms with Gasteiger partial charge in [-0.25, -0.2) is 13.2 Å². The number of benzene rings is 2. The van der Waals surface area contributed by atoms with Crippen molar-refractivity contribution in [2.75, 3.05) is 26.4 Å². The molecule has 10 heteroatoms. The van der Waals surface area contributed by atoms with Gasteiger partial charge in [0.05, 0.1) is 18.7 Å². The molecule has 0 aromatic heterocycles. The standard InChI is InChI=1S/C22H26ClF2N3O4/c1-3-30-11-12-32-17-10-9-16(24)18(19(17)25)20(31-4-2)22(29)28(23)13-14-5-7-15(8-6-14)21(26)27/h5-10,20H,3-4,11-13H2,1-2H3,(H3,26,27). The number of hydrogen-bond donors (Lipinski definition) is 2. The number of halogens is 3. The van der Waals surface area contributed by atoms with Crippen LogP contribution in [-0.4, -0.2) is 42.6 Å². The van der Waals surface area contributed by atoms with Crippen LogP contribution in [0.15, 0.2) is 36.4 Å². The number of hydrogen-bond acceptors (Lipinski definition) is 5. The lowest BCUT2D eigenvalue weighted by Gasteiger charge is -2.23. The highest BCUT2D eigenvalue weighted by molar-refractivity contribution is 6.21. The molecule has 0 radical (unpaired) electrons. The highest BCUT2D eigenvalue weighted by Gasteiger charge is 2.32. The lowest BCUT2D eigenvalue weighted by atomic mass is 10.1. The second-order valence-corrected chi connectivity index (χ2v) is 7.03. The minimum absolute atomic E-state index is 0.0166. The summed E-state index contributed by atoms with van der Waals surface area (Å²) in [6.45, 7) is 4.13. The molecule has 0 aliphatic carbocycles. The molecule has 0 heterocycles. The quantitative estimate of drug-likeness (QED) is 0.212. The van der Waals surface area contributed by atoms with E-state index in [9.17, 15) is 9.18 Å². The molecule has 1 unspecified atom stereocenters. The Morgan fingerprint density at radius 3 is 2.41 bits per heavy atom. The fourth-order valence-corrected chi connectivity index (χ4v) is 3.08. The highest BCUT2D eigenvalue weighted by atomic mass is 35.5. The summed E-state index contributed by atoms with van der Waals surface area (Å²) < 4.78 is 46.3. The lowest BCUT2D eigenvalue weighted by Crippen LogP contribution is -2.30. The van der Waals surface area contributed by atoms with E-state index >= 15 is 4.39 Å². The summed E-state index contributed by atoms with van der Waals surface area (Å²) in [6, 6.07) is 8.65. The van der Waals surface area contributed by atoms with Crippen molar-refractivity contribution in [2.24, 2.45) is 5.73 Å². The van der Waals surface area contributed by atoms with Crippen molar-refractivity contribution in [2.45, 2.75) is 26.5 Å². The van der Waals surface area contributed by atoms with Crippen LogP contribution in [0, 0.1) is 17.0 Å². The first-order valence-electron chi connectivity index (χ1n) is 10.0. The molecule has 0 aliphatic rings. The smallest absolute Gasteiger partial charge is 0.271 e. The molecular formula is C22H26ClF2N3O4. The van der Waals surface area contributed by atoms with Gasteiger partial charge in [0, 0.05) is 30.6 Å². The van der Waals surface area contributed by atoms with Crippen LogP contribution in [0.1, 0.15) is 36.6 Å². The van der Waals surface area contributed by atoms with Gasteiger partial charge in [-0.2, -0.15) is 0 Å². The molecule has 0 fully saturated rings. The Morgan fingerprint density at radius 2 is 1.81 bits per heavy atom. The third kappa shape index (κ3) is 6.62. The summed E-state index contributed by atoms with van der Waals surface area (Å²) >= 11 is 6.16. The molecule has 3 N–H and O–H groups in total. The van der Waals surface area contributed by atoms with Crippen LogP contribution in [0.2, 0.25) is 0 Å². The van der Waals surface area contributed by atoms with E-state index in [1.165, 1.54) is 0 Å². The molecular weight excluding hydrogens is 444 g/mol. The van der Waals surface area contributed by atoms with Crippen molar-refractivity contribution in [3.8, 4) is 5.75 Å². The molecule has 1 atom stereocenters. The Morgan fingerprint density at radius 1 is 1.12 bits per heavy atom. The van der Waals surface area contributed by atoms with E-state index in [-0.39, 0.29) is 38.0 Å². The number of rotatable bonds is 12. The molecule has 2 aromatic carbocycles. The van der Waals surface area contributed by atoms with E-state index in [1.807, 2.05) is 6.92 Å². The Labute approximate surface area is 190 Å². The topological polar surface area (TPSA) is 97.9 Å². The molecule has 0 spiro atoms. The van der Waals surface area contributed by atoms with E-state index in [1.54, 1.807) is 31.2 Å². The van der Waals surface area contributed by atoms with Crippen LogP contribution >= 0.6 is 11.8 Å². The van der Waals surface area contributed by atoms with E-state index in [2.05, 4.69) is 0 Å². The normalized spacial score (nSPS) is 11.8. The van der Waals surface area contributed by atoms with E-state index < -0.39 is 29.2 Å². The highest BCUT2D eigenvalue weighted by Crippen LogP contribution is 2.32. The van der Waals surface area contributed by atoms with Crippen LogP contribution < -0.4 is 10.5 Å². The van der Waals surface area contributed by atoms with Gasteiger partial charge in [0.25, 0.3) is 5.91 Å². The van der Waals surface area contributed by atoms with Crippen LogP contribution in [0.4, 0.5) is 8.78 Å². The molecule has 2 rings (SSSR count). The summed E-state index contributed by atoms with van der Waals surface area (Å²) in [7, 11) is 0. The minimum Gasteiger partial charge on any atom is -0.488 e. The van der Waals surface area contributed by atoms with Crippen molar-refractivity contribution < 1.29 is 27.8 Å². The van der Waals surface area contributed by atoms with Gasteiger partial charge >= 0.3 is 0 Å². The molecule has 0 saturated carbocycles. The SMILES string of the molecule is CCOCCOc1ccc(F)c(C(OCC)C(=O)N(Cl)Cc2ccc(C(=N)N)cc2)c1F. The first-order chi connectivity index (χ1) is 15.3. The molecule has 0 bridgehead atoms. The largest absolute Gasteiger partial charge is 0.488 e. The van der Waals surface area contributed by atoms with Crippen molar-refractivity contribution >= 4 is 23.5 Å². The van der Waals surface area contributed by atoms with Crippen molar-refractivity contribution in [3.63, 3.8) is 0 Å². The van der Waals surface area contributed by atoms with Crippen LogP contribution in [0.3, 0.4) is 0 Å². The number of ether oxygens (including phenoxy) is 3. The van der Waals surface area contributed by atoms with E-state index in [0.29, 0.717) is 17.7 Å². The van der Waals surface area contributed by atoms with Gasteiger partial charge in [0.15, 0.2) is 17.7 Å². The van der Waals surface area contributed by atoms with Crippen LogP contribution in [0.25, 0.3) is 0 Å². The monoisotopic (exact) mass is 469 g/mol. The Kier molecular flexibility index (Phi) is 9.83. The van der Waals surface area contributed by atoms with E-state index in [4.69, 9.17) is 37.1 Å². The average molecular weight is 470 g/mol. The summed E-state index contributed by atoms with van der Waals surface area (Å²) in [5, 5.41) is 7.42. The predicted octanol–water partition coefficient (Wildman–Crippen LogP) is 3.92. The molecule has 0 aliphatic heterocycles. The summed E-state index contributed by atoms with van der Waals surface area (Å²) in [4.78, 5) is 12.9. The van der Waals surface area contributed by atoms with Gasteiger partial charge in [-0.15, -0.1) is 0 Å². The second-order valence-electron chi connectivity index (χ2n) is 6.62. The van der Waals surface area contributed by atoms with Gasteiger partial charge in [0.2, 0.25) is 0 Å². The molecule has 2 aromatic rings. The molecule has 174 valence electrons. The number of nitrogens with two attached hydrogens (primary N) is 1. The number of nitrogen functional groups attached to an aromatic ring is 1. The van der Waals surface area contributed by atoms with Crippen molar-refractivity contribution in [1.29, 1.82) is 5.41 Å². The fourth-order valence-electron chi connectivity index (χ4n) is 2.86. The lowest BCUT2D eigenvalue weighted by molar-refractivity contribution is -0.139. The predicted molar refractivity (Wildman–Crippen MR) is 117 cm³/mol. The van der Waals surface area contributed by atoms with E-state index in [0.717, 1.165) is 16.6 Å². The summed E-state index contributed by atoms with van der Waals surface area (Å²) in [6.07, 6.45) is -1.61. The average Bonchev–Trinajstić information content (AvgIpc) is 2.77. The van der Waals surface area contributed by atoms with Crippen molar-refractivity contribution in [3.05, 3.63) is 64.7 Å². The Hall–Kier alpha value is -2.75. The van der Waals surface area contributed by atoms with Gasteiger partial charge in [-0.3, -0.25) is 10.2 Å². The third-order valence-electron chi connectivity index (χ3n) is 4.43. The van der Waals surface area contributed by atoms with Gasteiger partial charge in [-0.05, 0) is 31.5 Å². The number of nitrogens with one attached hydrogen (secondary N) is 1. The Bertz CT molecular complexity index is 928.